The van der Waals surface area contributed by atoms with Crippen LogP contribution in [0.1, 0.15) is 24.5 Å². The number of urea groups is 1. The van der Waals surface area contributed by atoms with Gasteiger partial charge in [0.25, 0.3) is 0 Å². The lowest BCUT2D eigenvalue weighted by Gasteiger charge is -2.29. The van der Waals surface area contributed by atoms with Crippen LogP contribution < -0.4 is 27.4 Å². The predicted octanol–water partition coefficient (Wildman–Crippen LogP) is 1.75. The minimum atomic E-state index is -1.09. The number of nitrogens with zero attached hydrogens (tertiary/aromatic N) is 2. The van der Waals surface area contributed by atoms with Crippen molar-refractivity contribution in [2.45, 2.75) is 49.9 Å². The zero-order valence-corrected chi connectivity index (χ0v) is 21.2. The zero-order chi connectivity index (χ0) is 26.5. The molecular formula is C24H33N7O4S. The summed E-state index contributed by atoms with van der Waals surface area (Å²) in [5, 5.41) is 15.7. The Balaban J connectivity index is 2.21. The molecule has 3 atom stereocenters. The van der Waals surface area contributed by atoms with Gasteiger partial charge in [-0.25, -0.2) is 9.59 Å². The third-order valence-corrected chi connectivity index (χ3v) is 5.64. The van der Waals surface area contributed by atoms with Crippen molar-refractivity contribution in [3.63, 3.8) is 0 Å². The third-order valence-electron chi connectivity index (χ3n) is 5.27. The molecule has 3 amide bonds. The van der Waals surface area contributed by atoms with E-state index in [0.29, 0.717) is 17.9 Å². The number of benzene rings is 2. The molecule has 194 valence electrons. The van der Waals surface area contributed by atoms with Crippen LogP contribution in [0, 0.1) is 0 Å². The molecule has 0 radical (unpaired) electrons. The molecule has 2 aromatic carbocycles. The number of azo groups is 1. The number of methoxy groups -OCH3 is 1. The van der Waals surface area contributed by atoms with E-state index in [4.69, 9.17) is 16.2 Å². The maximum atomic E-state index is 13.3. The van der Waals surface area contributed by atoms with Gasteiger partial charge in [0.05, 0.1) is 12.8 Å². The molecule has 0 heterocycles. The summed E-state index contributed by atoms with van der Waals surface area (Å²) in [5.74, 6) is -0.717. The minimum Gasteiger partial charge on any atom is -0.467 e. The third kappa shape index (κ3) is 9.38. The maximum Gasteiger partial charge on any atom is 0.360 e. The predicted molar refractivity (Wildman–Crippen MR) is 139 cm³/mol. The Hall–Kier alpha value is -3.32. The summed E-state index contributed by atoms with van der Waals surface area (Å²) in [7, 11) is 1.21. The maximum absolute atomic E-state index is 13.3. The second-order valence-electron chi connectivity index (χ2n) is 7.93. The second kappa shape index (κ2) is 14.9. The molecule has 7 N–H and O–H groups in total. The van der Waals surface area contributed by atoms with Gasteiger partial charge in [-0.2, -0.15) is 12.6 Å². The summed E-state index contributed by atoms with van der Waals surface area (Å²) in [5.41, 5.74) is 13.5. The molecule has 0 bridgehead atoms. The number of thiol groups is 1. The number of carbonyl (C=O) groups is 3. The molecular weight excluding hydrogens is 482 g/mol. The van der Waals surface area contributed by atoms with Crippen molar-refractivity contribution in [3.8, 4) is 0 Å². The monoisotopic (exact) mass is 515 g/mol. The highest BCUT2D eigenvalue weighted by Gasteiger charge is 2.33. The van der Waals surface area contributed by atoms with Crippen LogP contribution in [0.25, 0.3) is 0 Å². The molecule has 0 aromatic heterocycles. The lowest BCUT2D eigenvalue weighted by atomic mass is 10.0. The summed E-state index contributed by atoms with van der Waals surface area (Å²) < 4.78 is 4.86. The summed E-state index contributed by atoms with van der Waals surface area (Å²) >= 11 is 4.20. The van der Waals surface area contributed by atoms with Crippen molar-refractivity contribution in [1.29, 1.82) is 0 Å². The number of nitrogens with two attached hydrogens (primary N) is 2. The molecule has 12 heteroatoms. The molecule has 36 heavy (non-hydrogen) atoms. The van der Waals surface area contributed by atoms with Crippen molar-refractivity contribution in [3.05, 3.63) is 65.7 Å². The quantitative estimate of drug-likeness (QED) is 0.108. The van der Waals surface area contributed by atoms with Crippen LogP contribution in [0.5, 0.6) is 0 Å². The number of hydrogen-bond acceptors (Lipinski definition) is 9. The summed E-state index contributed by atoms with van der Waals surface area (Å²) in [4.78, 5) is 38.3. The van der Waals surface area contributed by atoms with Gasteiger partial charge in [-0.3, -0.25) is 10.1 Å². The molecule has 0 saturated carbocycles. The fraction of sp³-hybridized carbons (Fsp3) is 0.375. The van der Waals surface area contributed by atoms with E-state index in [1.54, 1.807) is 19.1 Å². The molecule has 0 spiro atoms. The highest BCUT2D eigenvalue weighted by molar-refractivity contribution is 7.79. The number of ether oxygens (including phenoxy) is 1. The van der Waals surface area contributed by atoms with E-state index in [1.165, 1.54) is 7.11 Å². The van der Waals surface area contributed by atoms with E-state index in [2.05, 4.69) is 38.8 Å². The van der Waals surface area contributed by atoms with Crippen LogP contribution >= 0.6 is 12.6 Å². The minimum absolute atomic E-state index is 0.152. The van der Waals surface area contributed by atoms with Gasteiger partial charge in [0.2, 0.25) is 5.91 Å². The number of amides is 3. The van der Waals surface area contributed by atoms with Crippen molar-refractivity contribution >= 4 is 36.2 Å². The van der Waals surface area contributed by atoms with E-state index in [9.17, 15) is 14.4 Å². The van der Waals surface area contributed by atoms with E-state index >= 15 is 0 Å². The van der Waals surface area contributed by atoms with Crippen molar-refractivity contribution in [2.24, 2.45) is 21.7 Å². The fourth-order valence-electron chi connectivity index (χ4n) is 3.41. The first-order valence-electron chi connectivity index (χ1n) is 11.4. The summed E-state index contributed by atoms with van der Waals surface area (Å²) in [6.07, 6.45) is -0.346. The Bertz CT molecular complexity index is 1020. The van der Waals surface area contributed by atoms with Crippen LogP contribution in [0.3, 0.4) is 0 Å². The molecule has 2 aromatic rings. The van der Waals surface area contributed by atoms with E-state index < -0.39 is 42.3 Å². The average molecular weight is 516 g/mol. The Morgan fingerprint density at radius 3 is 2.22 bits per heavy atom. The number of rotatable bonds is 12. The Labute approximate surface area is 215 Å². The van der Waals surface area contributed by atoms with Crippen LogP contribution in [0.4, 0.5) is 10.5 Å². The molecule has 3 unspecified atom stereocenters. The first-order valence-corrected chi connectivity index (χ1v) is 12.0. The molecule has 2 rings (SSSR count). The van der Waals surface area contributed by atoms with Gasteiger partial charge in [0.1, 0.15) is 18.4 Å². The fourth-order valence-corrected chi connectivity index (χ4v) is 3.62. The Kier molecular flexibility index (Phi) is 12.0. The summed E-state index contributed by atoms with van der Waals surface area (Å²) in [6, 6.07) is 12.6. The average Bonchev–Trinajstić information content (AvgIpc) is 2.89. The van der Waals surface area contributed by atoms with Crippen LogP contribution in [0.15, 0.2) is 64.8 Å². The largest absolute Gasteiger partial charge is 0.467 e. The first-order chi connectivity index (χ1) is 17.3. The number of esters is 1. The molecule has 0 aliphatic carbocycles. The molecule has 0 aliphatic rings. The van der Waals surface area contributed by atoms with E-state index in [1.807, 2.05) is 42.5 Å². The normalized spacial score (nSPS) is 13.7. The van der Waals surface area contributed by atoms with Gasteiger partial charge >= 0.3 is 12.0 Å². The van der Waals surface area contributed by atoms with Crippen molar-refractivity contribution in [2.75, 3.05) is 7.11 Å². The Morgan fingerprint density at radius 2 is 1.67 bits per heavy atom. The first kappa shape index (κ1) is 28.9. The number of nitrogens with one attached hydrogen (secondary N) is 3. The van der Waals surface area contributed by atoms with Crippen LogP contribution in [-0.2, 0) is 26.5 Å². The smallest absolute Gasteiger partial charge is 0.360 e. The molecule has 0 fully saturated rings. The lowest BCUT2D eigenvalue weighted by Crippen LogP contribution is -2.62. The van der Waals surface area contributed by atoms with Crippen molar-refractivity contribution < 1.29 is 19.1 Å². The van der Waals surface area contributed by atoms with Gasteiger partial charge in [-0.15, -0.1) is 5.11 Å². The molecule has 0 saturated heterocycles. The zero-order valence-electron chi connectivity index (χ0n) is 20.3. The molecule has 0 aliphatic heterocycles. The Morgan fingerprint density at radius 1 is 1.00 bits per heavy atom. The highest BCUT2D eigenvalue weighted by Crippen LogP contribution is 2.15. The van der Waals surface area contributed by atoms with Crippen LogP contribution in [-0.4, -0.2) is 49.4 Å². The topological polar surface area (TPSA) is 173 Å². The van der Waals surface area contributed by atoms with Gasteiger partial charge < -0.3 is 26.8 Å². The van der Waals surface area contributed by atoms with E-state index in [-0.39, 0.29) is 6.42 Å². The van der Waals surface area contributed by atoms with Gasteiger partial charge in [0.15, 0.2) is 0 Å². The SMILES string of the molecule is CCC(NC(N)N)C(NC(=O)C(Cc1ccccc1)NC(=O)/N=N/c1ccc(CS)cc1)C(=O)OC. The highest BCUT2D eigenvalue weighted by atomic mass is 32.1. The van der Waals surface area contributed by atoms with Crippen molar-refractivity contribution in [1.82, 2.24) is 16.0 Å². The van der Waals surface area contributed by atoms with Crippen LogP contribution in [0.2, 0.25) is 0 Å². The summed E-state index contributed by atoms with van der Waals surface area (Å²) in [6.45, 7) is 1.80. The number of hydrogen-bond donors (Lipinski definition) is 6. The standard InChI is InChI=1S/C24H33N7O4S/c1-3-18(27-23(25)26)20(22(33)35-2)29-21(32)19(13-15-7-5-4-6-8-15)28-24(34)31-30-17-11-9-16(14-36)10-12-17/h4-12,18-20,23,27,36H,3,13-14,25-26H2,1-2H3,(H,28,34)(H,29,32)/b31-30+. The van der Waals surface area contributed by atoms with Gasteiger partial charge in [0, 0.05) is 18.2 Å². The number of carbonyl (C=O) groups excluding carboxylic acids is 3. The van der Waals surface area contributed by atoms with Gasteiger partial charge in [-0.05, 0) is 29.7 Å². The lowest BCUT2D eigenvalue weighted by molar-refractivity contribution is -0.146. The van der Waals surface area contributed by atoms with E-state index in [0.717, 1.165) is 11.1 Å². The molecule has 11 nitrogen and oxygen atoms in total. The second-order valence-corrected chi connectivity index (χ2v) is 8.25. The van der Waals surface area contributed by atoms with Gasteiger partial charge in [-0.1, -0.05) is 54.5 Å².